The van der Waals surface area contributed by atoms with Gasteiger partial charge in [0.05, 0.1) is 5.41 Å². The van der Waals surface area contributed by atoms with E-state index in [-0.39, 0.29) is 11.8 Å². The van der Waals surface area contributed by atoms with Crippen LogP contribution in [0.3, 0.4) is 0 Å². The van der Waals surface area contributed by atoms with Crippen LogP contribution in [0, 0.1) is 5.41 Å². The molecular weight excluding hydrogens is 264 g/mol. The minimum atomic E-state index is -0.494. The van der Waals surface area contributed by atoms with E-state index >= 15 is 0 Å². The number of halogens is 1. The lowest BCUT2D eigenvalue weighted by atomic mass is 9.89. The average Bonchev–Trinajstić information content (AvgIpc) is 2.72. The number of carbonyl (C=O) groups excluding carboxylic acids is 1. The lowest BCUT2D eigenvalue weighted by Crippen LogP contribution is -2.37. The lowest BCUT2D eigenvalue weighted by molar-refractivity contribution is -0.125. The van der Waals surface area contributed by atoms with Crippen molar-refractivity contribution in [2.45, 2.75) is 33.1 Å². The standard InChI is InChI=1S/C13H19ClN4O/c1-8(2)9-10(14)16-7-17-11(9)18-5-4-13(3,6-18)12(15)19/h7-8H,4-6H2,1-3H3,(H2,15,19). The molecule has 1 aromatic rings. The van der Waals surface area contributed by atoms with E-state index in [4.69, 9.17) is 17.3 Å². The van der Waals surface area contributed by atoms with Crippen molar-refractivity contribution in [2.24, 2.45) is 11.1 Å². The van der Waals surface area contributed by atoms with Crippen molar-refractivity contribution >= 4 is 23.3 Å². The number of hydrogen-bond acceptors (Lipinski definition) is 4. The number of amides is 1. The smallest absolute Gasteiger partial charge is 0.225 e. The minimum Gasteiger partial charge on any atom is -0.369 e. The Labute approximate surface area is 118 Å². The van der Waals surface area contributed by atoms with Crippen molar-refractivity contribution < 1.29 is 4.79 Å². The minimum absolute atomic E-state index is 0.226. The molecule has 0 saturated carbocycles. The molecule has 1 fully saturated rings. The zero-order valence-electron chi connectivity index (χ0n) is 11.5. The Bertz CT molecular complexity index is 505. The van der Waals surface area contributed by atoms with Crippen LogP contribution in [0.1, 0.15) is 38.7 Å². The van der Waals surface area contributed by atoms with Gasteiger partial charge in [0.25, 0.3) is 0 Å². The summed E-state index contributed by atoms with van der Waals surface area (Å²) in [5.74, 6) is 0.783. The maximum absolute atomic E-state index is 11.5. The number of nitrogens with zero attached hydrogens (tertiary/aromatic N) is 3. The second kappa shape index (κ2) is 4.96. The van der Waals surface area contributed by atoms with Crippen molar-refractivity contribution in [3.63, 3.8) is 0 Å². The van der Waals surface area contributed by atoms with E-state index in [0.717, 1.165) is 24.3 Å². The Kier molecular flexibility index (Phi) is 3.67. The summed E-state index contributed by atoms with van der Waals surface area (Å²) in [5.41, 5.74) is 5.91. The molecular formula is C13H19ClN4O. The summed E-state index contributed by atoms with van der Waals surface area (Å²) in [5, 5.41) is 0.479. The summed E-state index contributed by atoms with van der Waals surface area (Å²) in [6.45, 7) is 7.34. The summed E-state index contributed by atoms with van der Waals surface area (Å²) >= 11 is 6.17. The van der Waals surface area contributed by atoms with Crippen LogP contribution in [0.4, 0.5) is 5.82 Å². The molecule has 2 heterocycles. The maximum atomic E-state index is 11.5. The monoisotopic (exact) mass is 282 g/mol. The Balaban J connectivity index is 2.35. The molecule has 1 amide bonds. The molecule has 0 spiro atoms. The first-order valence-corrected chi connectivity index (χ1v) is 6.78. The van der Waals surface area contributed by atoms with E-state index < -0.39 is 5.41 Å². The van der Waals surface area contributed by atoms with Crippen LogP contribution >= 0.6 is 11.6 Å². The summed E-state index contributed by atoms with van der Waals surface area (Å²) in [4.78, 5) is 22.0. The fourth-order valence-corrected chi connectivity index (χ4v) is 2.80. The van der Waals surface area contributed by atoms with E-state index in [2.05, 4.69) is 28.7 Å². The van der Waals surface area contributed by atoms with Crippen molar-refractivity contribution in [2.75, 3.05) is 18.0 Å². The van der Waals surface area contributed by atoms with Gasteiger partial charge in [-0.2, -0.15) is 0 Å². The van der Waals surface area contributed by atoms with Crippen LogP contribution in [0.15, 0.2) is 6.33 Å². The molecule has 1 aliphatic rings. The molecule has 1 atom stereocenters. The van der Waals surface area contributed by atoms with Crippen LogP contribution in [0.25, 0.3) is 0 Å². The third-order valence-electron chi connectivity index (χ3n) is 3.76. The Morgan fingerprint density at radius 1 is 1.53 bits per heavy atom. The van der Waals surface area contributed by atoms with Gasteiger partial charge in [0.15, 0.2) is 0 Å². The van der Waals surface area contributed by atoms with E-state index in [1.165, 1.54) is 6.33 Å². The largest absolute Gasteiger partial charge is 0.369 e. The molecule has 2 N–H and O–H groups in total. The molecule has 0 radical (unpaired) electrons. The first-order valence-electron chi connectivity index (χ1n) is 6.40. The molecule has 1 saturated heterocycles. The van der Waals surface area contributed by atoms with Crippen molar-refractivity contribution in [1.82, 2.24) is 9.97 Å². The van der Waals surface area contributed by atoms with E-state index in [1.54, 1.807) is 0 Å². The summed E-state index contributed by atoms with van der Waals surface area (Å²) in [6.07, 6.45) is 2.20. The highest BCUT2D eigenvalue weighted by atomic mass is 35.5. The highest BCUT2D eigenvalue weighted by Gasteiger charge is 2.40. The van der Waals surface area contributed by atoms with Gasteiger partial charge in [-0.1, -0.05) is 25.4 Å². The highest BCUT2D eigenvalue weighted by molar-refractivity contribution is 6.30. The van der Waals surface area contributed by atoms with E-state index in [0.29, 0.717) is 11.7 Å². The zero-order chi connectivity index (χ0) is 14.2. The normalized spacial score (nSPS) is 23.1. The van der Waals surface area contributed by atoms with Gasteiger partial charge < -0.3 is 10.6 Å². The predicted octanol–water partition coefficient (Wildman–Crippen LogP) is 1.96. The Morgan fingerprint density at radius 3 is 2.74 bits per heavy atom. The maximum Gasteiger partial charge on any atom is 0.225 e. The Morgan fingerprint density at radius 2 is 2.21 bits per heavy atom. The zero-order valence-corrected chi connectivity index (χ0v) is 12.2. The summed E-state index contributed by atoms with van der Waals surface area (Å²) < 4.78 is 0. The van der Waals surface area contributed by atoms with Gasteiger partial charge in [-0.15, -0.1) is 0 Å². The quantitative estimate of drug-likeness (QED) is 0.860. The van der Waals surface area contributed by atoms with Crippen molar-refractivity contribution in [1.29, 1.82) is 0 Å². The SMILES string of the molecule is CC(C)c1c(Cl)ncnc1N1CCC(C)(C(N)=O)C1. The van der Waals surface area contributed by atoms with Gasteiger partial charge in [0.1, 0.15) is 17.3 Å². The number of carbonyl (C=O) groups is 1. The van der Waals surface area contributed by atoms with E-state index in [9.17, 15) is 4.79 Å². The molecule has 2 rings (SSSR count). The number of rotatable bonds is 3. The summed E-state index contributed by atoms with van der Waals surface area (Å²) in [6, 6.07) is 0. The molecule has 0 aromatic carbocycles. The molecule has 19 heavy (non-hydrogen) atoms. The first-order chi connectivity index (χ1) is 8.85. The second-order valence-electron chi connectivity index (χ2n) is 5.65. The average molecular weight is 283 g/mol. The van der Waals surface area contributed by atoms with Gasteiger partial charge >= 0.3 is 0 Å². The van der Waals surface area contributed by atoms with Gasteiger partial charge in [-0.3, -0.25) is 4.79 Å². The number of primary amides is 1. The van der Waals surface area contributed by atoms with Crippen molar-refractivity contribution in [3.8, 4) is 0 Å². The van der Waals surface area contributed by atoms with Gasteiger partial charge in [0, 0.05) is 18.7 Å². The van der Waals surface area contributed by atoms with Gasteiger partial charge in [-0.05, 0) is 19.3 Å². The number of hydrogen-bond donors (Lipinski definition) is 1. The van der Waals surface area contributed by atoms with E-state index in [1.807, 2.05) is 6.92 Å². The van der Waals surface area contributed by atoms with Crippen LogP contribution < -0.4 is 10.6 Å². The molecule has 1 aliphatic heterocycles. The van der Waals surface area contributed by atoms with Gasteiger partial charge in [0.2, 0.25) is 5.91 Å². The van der Waals surface area contributed by atoms with Crippen LogP contribution in [0.2, 0.25) is 5.15 Å². The van der Waals surface area contributed by atoms with Crippen LogP contribution in [-0.2, 0) is 4.79 Å². The number of aromatic nitrogens is 2. The fraction of sp³-hybridized carbons (Fsp3) is 0.615. The van der Waals surface area contributed by atoms with Crippen LogP contribution in [0.5, 0.6) is 0 Å². The molecule has 104 valence electrons. The number of anilines is 1. The van der Waals surface area contributed by atoms with Crippen molar-refractivity contribution in [3.05, 3.63) is 17.0 Å². The molecule has 0 bridgehead atoms. The third kappa shape index (κ3) is 2.52. The van der Waals surface area contributed by atoms with Gasteiger partial charge in [-0.25, -0.2) is 9.97 Å². The molecule has 1 aromatic heterocycles. The molecule has 5 nitrogen and oxygen atoms in total. The second-order valence-corrected chi connectivity index (χ2v) is 6.01. The molecule has 0 aliphatic carbocycles. The molecule has 6 heteroatoms. The highest BCUT2D eigenvalue weighted by Crippen LogP contribution is 2.37. The first kappa shape index (κ1) is 14.1. The van der Waals surface area contributed by atoms with Crippen LogP contribution in [-0.4, -0.2) is 29.0 Å². The third-order valence-corrected chi connectivity index (χ3v) is 4.06. The Hall–Kier alpha value is -1.36. The summed E-state index contributed by atoms with van der Waals surface area (Å²) in [7, 11) is 0. The topological polar surface area (TPSA) is 72.1 Å². The number of nitrogens with two attached hydrogens (primary N) is 1. The predicted molar refractivity (Wildman–Crippen MR) is 75.3 cm³/mol. The fourth-order valence-electron chi connectivity index (χ4n) is 2.46. The lowest BCUT2D eigenvalue weighted by Gasteiger charge is -2.24. The molecule has 1 unspecified atom stereocenters.